The van der Waals surface area contributed by atoms with Crippen LogP contribution in [0.4, 0.5) is 0 Å². The number of fused-ring (bicyclic) bond motifs is 1. The van der Waals surface area contributed by atoms with E-state index in [-0.39, 0.29) is 5.15 Å². The van der Waals surface area contributed by atoms with Crippen molar-refractivity contribution in [2.24, 2.45) is 0 Å². The Morgan fingerprint density at radius 1 is 1.22 bits per heavy atom. The summed E-state index contributed by atoms with van der Waals surface area (Å²) in [5.74, 6) is 0. The number of pyridine rings is 1. The van der Waals surface area contributed by atoms with Gasteiger partial charge in [0, 0.05) is 5.39 Å². The summed E-state index contributed by atoms with van der Waals surface area (Å²) in [6.07, 6.45) is 2.35. The summed E-state index contributed by atoms with van der Waals surface area (Å²) in [7, 11) is 0. The number of hydrogen-bond donors (Lipinski definition) is 0. The molecule has 3 aromatic rings. The van der Waals surface area contributed by atoms with Crippen LogP contribution in [0.2, 0.25) is 5.15 Å². The Kier molecular flexibility index (Phi) is 2.57. The molecule has 0 amide bonds. The van der Waals surface area contributed by atoms with Gasteiger partial charge in [-0.1, -0.05) is 29.8 Å². The first-order valence-corrected chi connectivity index (χ1v) is 5.72. The number of halogens is 1. The summed E-state index contributed by atoms with van der Waals surface area (Å²) < 4.78 is 1.69. The number of para-hydroxylation sites is 1. The van der Waals surface area contributed by atoms with E-state index in [1.54, 1.807) is 16.9 Å². The number of rotatable bonds is 2. The summed E-state index contributed by atoms with van der Waals surface area (Å²) in [6, 6.07) is 11.3. The van der Waals surface area contributed by atoms with Gasteiger partial charge in [0.2, 0.25) is 0 Å². The van der Waals surface area contributed by atoms with E-state index in [0.717, 1.165) is 11.1 Å². The molecule has 0 aliphatic heterocycles. The number of benzene rings is 1. The zero-order valence-corrected chi connectivity index (χ0v) is 10.0. The molecule has 0 radical (unpaired) electrons. The van der Waals surface area contributed by atoms with E-state index in [0.29, 0.717) is 17.5 Å². The van der Waals surface area contributed by atoms with Gasteiger partial charge in [-0.2, -0.15) is 5.10 Å². The second kappa shape index (κ2) is 4.23. The predicted molar refractivity (Wildman–Crippen MR) is 69.3 cm³/mol. The van der Waals surface area contributed by atoms with Crippen LogP contribution in [-0.2, 0) is 0 Å². The van der Waals surface area contributed by atoms with Gasteiger partial charge in [-0.05, 0) is 18.2 Å². The third-order valence-corrected chi connectivity index (χ3v) is 2.95. The van der Waals surface area contributed by atoms with Gasteiger partial charge in [-0.15, -0.1) is 0 Å². The summed E-state index contributed by atoms with van der Waals surface area (Å²) in [4.78, 5) is 15.0. The van der Waals surface area contributed by atoms with Crippen molar-refractivity contribution in [3.05, 3.63) is 53.3 Å². The van der Waals surface area contributed by atoms with Gasteiger partial charge in [0.15, 0.2) is 11.9 Å². The summed E-state index contributed by atoms with van der Waals surface area (Å²) in [5, 5.41) is 5.23. The summed E-state index contributed by atoms with van der Waals surface area (Å²) in [5.41, 5.74) is 1.91. The SMILES string of the molecule is O=Cc1cc2cnn(-c3ccccc3)c2nc1Cl. The van der Waals surface area contributed by atoms with Crippen LogP contribution in [-0.4, -0.2) is 21.1 Å². The fourth-order valence-corrected chi connectivity index (χ4v) is 1.97. The molecule has 0 aliphatic rings. The first kappa shape index (κ1) is 10.9. The number of carbonyl (C=O) groups excluding carboxylic acids is 1. The minimum atomic E-state index is 0.190. The lowest BCUT2D eigenvalue weighted by Crippen LogP contribution is -1.98. The molecule has 88 valence electrons. The Hall–Kier alpha value is -2.20. The highest BCUT2D eigenvalue weighted by atomic mass is 35.5. The minimum Gasteiger partial charge on any atom is -0.298 e. The van der Waals surface area contributed by atoms with Crippen LogP contribution in [0.25, 0.3) is 16.7 Å². The molecule has 0 atom stereocenters. The lowest BCUT2D eigenvalue weighted by molar-refractivity contribution is 0.112. The number of carbonyl (C=O) groups is 1. The van der Waals surface area contributed by atoms with Gasteiger partial charge in [0.25, 0.3) is 0 Å². The first-order chi connectivity index (χ1) is 8.79. The molecule has 0 fully saturated rings. The Morgan fingerprint density at radius 3 is 2.72 bits per heavy atom. The van der Waals surface area contributed by atoms with E-state index in [4.69, 9.17) is 11.6 Å². The van der Waals surface area contributed by atoms with E-state index in [2.05, 4.69) is 10.1 Å². The summed E-state index contributed by atoms with van der Waals surface area (Å²) >= 11 is 5.94. The first-order valence-electron chi connectivity index (χ1n) is 5.34. The monoisotopic (exact) mass is 257 g/mol. The highest BCUT2D eigenvalue weighted by Crippen LogP contribution is 2.21. The Balaban J connectivity index is 2.27. The molecule has 18 heavy (non-hydrogen) atoms. The van der Waals surface area contributed by atoms with Gasteiger partial charge in [0.1, 0.15) is 5.15 Å². The number of aldehydes is 1. The van der Waals surface area contributed by atoms with Crippen molar-refractivity contribution in [3.8, 4) is 5.69 Å². The van der Waals surface area contributed by atoms with E-state index in [9.17, 15) is 4.79 Å². The lowest BCUT2D eigenvalue weighted by Gasteiger charge is -2.03. The van der Waals surface area contributed by atoms with Crippen molar-refractivity contribution in [2.75, 3.05) is 0 Å². The molecule has 0 unspecified atom stereocenters. The van der Waals surface area contributed by atoms with Crippen LogP contribution < -0.4 is 0 Å². The third-order valence-electron chi connectivity index (χ3n) is 2.65. The molecular formula is C13H8ClN3O. The highest BCUT2D eigenvalue weighted by molar-refractivity contribution is 6.32. The molecule has 5 heteroatoms. The molecule has 0 spiro atoms. The second-order valence-electron chi connectivity index (χ2n) is 3.79. The van der Waals surface area contributed by atoms with Crippen LogP contribution >= 0.6 is 11.6 Å². The molecule has 0 aliphatic carbocycles. The molecule has 0 saturated carbocycles. The van der Waals surface area contributed by atoms with Crippen molar-refractivity contribution < 1.29 is 4.79 Å². The smallest absolute Gasteiger partial charge is 0.164 e. The van der Waals surface area contributed by atoms with E-state index in [1.807, 2.05) is 30.3 Å². The molecular weight excluding hydrogens is 250 g/mol. The molecule has 4 nitrogen and oxygen atoms in total. The maximum atomic E-state index is 10.8. The van der Waals surface area contributed by atoms with Crippen molar-refractivity contribution >= 4 is 28.9 Å². The molecule has 2 heterocycles. The number of hydrogen-bond acceptors (Lipinski definition) is 3. The van der Waals surface area contributed by atoms with Crippen LogP contribution in [0.15, 0.2) is 42.6 Å². The number of nitrogens with zero attached hydrogens (tertiary/aromatic N) is 3. The third kappa shape index (κ3) is 1.67. The summed E-state index contributed by atoms with van der Waals surface area (Å²) in [6.45, 7) is 0. The molecule has 0 saturated heterocycles. The van der Waals surface area contributed by atoms with E-state index >= 15 is 0 Å². The Bertz CT molecular complexity index is 722. The average Bonchev–Trinajstić information content (AvgIpc) is 2.81. The van der Waals surface area contributed by atoms with Crippen LogP contribution in [0.1, 0.15) is 10.4 Å². The van der Waals surface area contributed by atoms with Gasteiger partial charge >= 0.3 is 0 Å². The Labute approximate surface area is 108 Å². The van der Waals surface area contributed by atoms with Crippen molar-refractivity contribution in [1.29, 1.82) is 0 Å². The topological polar surface area (TPSA) is 47.8 Å². The fraction of sp³-hybridized carbons (Fsp3) is 0. The Morgan fingerprint density at radius 2 is 2.00 bits per heavy atom. The lowest BCUT2D eigenvalue weighted by atomic mass is 10.2. The number of aromatic nitrogens is 3. The van der Waals surface area contributed by atoms with Crippen molar-refractivity contribution in [2.45, 2.75) is 0 Å². The standard InChI is InChI=1S/C13H8ClN3O/c14-12-10(8-18)6-9-7-15-17(13(9)16-12)11-4-2-1-3-5-11/h1-8H. The normalized spacial score (nSPS) is 10.7. The van der Waals surface area contributed by atoms with E-state index in [1.165, 1.54) is 0 Å². The zero-order valence-electron chi connectivity index (χ0n) is 9.25. The predicted octanol–water partition coefficient (Wildman–Crippen LogP) is 2.89. The van der Waals surface area contributed by atoms with Gasteiger partial charge in [0.05, 0.1) is 17.4 Å². The molecule has 2 aromatic heterocycles. The largest absolute Gasteiger partial charge is 0.298 e. The minimum absolute atomic E-state index is 0.190. The zero-order chi connectivity index (χ0) is 12.5. The van der Waals surface area contributed by atoms with Crippen LogP contribution in [0.5, 0.6) is 0 Å². The van der Waals surface area contributed by atoms with Crippen molar-refractivity contribution in [3.63, 3.8) is 0 Å². The van der Waals surface area contributed by atoms with Gasteiger partial charge < -0.3 is 0 Å². The molecule has 0 N–H and O–H groups in total. The molecule has 0 bridgehead atoms. The van der Waals surface area contributed by atoms with Gasteiger partial charge in [-0.3, -0.25) is 4.79 Å². The average molecular weight is 258 g/mol. The van der Waals surface area contributed by atoms with E-state index < -0.39 is 0 Å². The maximum Gasteiger partial charge on any atom is 0.164 e. The molecule has 1 aromatic carbocycles. The van der Waals surface area contributed by atoms with Crippen LogP contribution in [0, 0.1) is 0 Å². The second-order valence-corrected chi connectivity index (χ2v) is 4.15. The maximum absolute atomic E-state index is 10.8. The quantitative estimate of drug-likeness (QED) is 0.524. The fourth-order valence-electron chi connectivity index (χ4n) is 1.79. The van der Waals surface area contributed by atoms with Crippen LogP contribution in [0.3, 0.4) is 0 Å². The van der Waals surface area contributed by atoms with Gasteiger partial charge in [-0.25, -0.2) is 9.67 Å². The van der Waals surface area contributed by atoms with Crippen molar-refractivity contribution in [1.82, 2.24) is 14.8 Å². The molecule has 3 rings (SSSR count). The highest BCUT2D eigenvalue weighted by Gasteiger charge is 2.10.